The molecule has 28 heavy (non-hydrogen) atoms. The molecule has 3 rings (SSSR count). The van der Waals surface area contributed by atoms with Crippen LogP contribution in [0.2, 0.25) is 0 Å². The minimum absolute atomic E-state index is 0.142. The summed E-state index contributed by atoms with van der Waals surface area (Å²) in [7, 11) is 0. The van der Waals surface area contributed by atoms with Gasteiger partial charge in [-0.05, 0) is 64.4 Å². The van der Waals surface area contributed by atoms with Crippen LogP contribution in [0.3, 0.4) is 0 Å². The number of hydrogen-bond acceptors (Lipinski definition) is 2. The van der Waals surface area contributed by atoms with Crippen molar-refractivity contribution in [2.24, 2.45) is 0 Å². The van der Waals surface area contributed by atoms with Crippen molar-refractivity contribution in [3.8, 4) is 0 Å². The number of benzene rings is 3. The smallest absolute Gasteiger partial charge is 0.0472 e. The maximum Gasteiger partial charge on any atom is 0.0472 e. The van der Waals surface area contributed by atoms with Crippen LogP contribution < -0.4 is 4.90 Å². The first kappa shape index (κ1) is 20.5. The maximum absolute atomic E-state index is 4.56. The van der Waals surface area contributed by atoms with Crippen LogP contribution in [-0.4, -0.2) is 0 Å². The Bertz CT molecular complexity index is 868. The van der Waals surface area contributed by atoms with Crippen molar-refractivity contribution >= 4 is 29.7 Å². The van der Waals surface area contributed by atoms with Crippen LogP contribution in [0.4, 0.5) is 17.1 Å². The maximum atomic E-state index is 4.56. The van der Waals surface area contributed by atoms with Crippen LogP contribution in [0, 0.1) is 0 Å². The molecule has 0 bridgehead atoms. The summed E-state index contributed by atoms with van der Waals surface area (Å²) in [6.45, 7) is 13.5. The van der Waals surface area contributed by atoms with Crippen LogP contribution in [0.25, 0.3) is 0 Å². The highest BCUT2D eigenvalue weighted by Crippen LogP contribution is 2.37. The van der Waals surface area contributed by atoms with Gasteiger partial charge in [0.1, 0.15) is 0 Å². The minimum atomic E-state index is 0.142. The van der Waals surface area contributed by atoms with E-state index in [1.54, 1.807) is 0 Å². The number of hydrogen-bond donors (Lipinski definition) is 1. The fourth-order valence-corrected chi connectivity index (χ4v) is 3.52. The van der Waals surface area contributed by atoms with Crippen molar-refractivity contribution in [1.82, 2.24) is 0 Å². The van der Waals surface area contributed by atoms with Gasteiger partial charge >= 0.3 is 0 Å². The van der Waals surface area contributed by atoms with E-state index in [0.717, 1.165) is 22.0 Å². The minimum Gasteiger partial charge on any atom is -0.310 e. The number of anilines is 3. The molecular weight excluding hydrogens is 358 g/mol. The van der Waals surface area contributed by atoms with Gasteiger partial charge in [0.25, 0.3) is 0 Å². The second kappa shape index (κ2) is 7.67. The SMILES string of the molecule is CC(C)(C)c1ccc(N(c2ccc(C(C)(C)C)cc2)c2cccc(S)c2)cc1. The van der Waals surface area contributed by atoms with E-state index >= 15 is 0 Å². The standard InChI is InChI=1S/C26H31NS/c1-25(2,3)19-10-14-21(15-11-19)27(23-8-7-9-24(28)18-23)22-16-12-20(13-17-22)26(4,5)6/h7-18,28H,1-6H3. The average molecular weight is 390 g/mol. The van der Waals surface area contributed by atoms with Gasteiger partial charge in [0.05, 0.1) is 0 Å². The van der Waals surface area contributed by atoms with Gasteiger partial charge in [-0.25, -0.2) is 0 Å². The first-order valence-corrected chi connectivity index (χ1v) is 10.3. The zero-order chi connectivity index (χ0) is 20.5. The Balaban J connectivity index is 2.08. The van der Waals surface area contributed by atoms with Gasteiger partial charge in [0, 0.05) is 22.0 Å². The summed E-state index contributed by atoms with van der Waals surface area (Å²) in [5.74, 6) is 0. The summed E-state index contributed by atoms with van der Waals surface area (Å²) >= 11 is 4.56. The van der Waals surface area contributed by atoms with E-state index in [9.17, 15) is 0 Å². The Kier molecular flexibility index (Phi) is 5.63. The van der Waals surface area contributed by atoms with Gasteiger partial charge in [-0.2, -0.15) is 0 Å². The topological polar surface area (TPSA) is 3.24 Å². The van der Waals surface area contributed by atoms with Crippen molar-refractivity contribution in [3.05, 3.63) is 83.9 Å². The van der Waals surface area contributed by atoms with Gasteiger partial charge < -0.3 is 4.90 Å². The van der Waals surface area contributed by atoms with E-state index in [1.807, 2.05) is 6.07 Å². The second-order valence-corrected chi connectivity index (χ2v) is 9.97. The van der Waals surface area contributed by atoms with E-state index < -0.39 is 0 Å². The molecule has 0 spiro atoms. The predicted molar refractivity (Wildman–Crippen MR) is 126 cm³/mol. The largest absolute Gasteiger partial charge is 0.310 e. The summed E-state index contributed by atoms with van der Waals surface area (Å²) in [4.78, 5) is 3.25. The molecule has 0 amide bonds. The number of thiol groups is 1. The van der Waals surface area contributed by atoms with Gasteiger partial charge in [-0.15, -0.1) is 12.6 Å². The molecule has 3 aromatic carbocycles. The van der Waals surface area contributed by atoms with Crippen LogP contribution >= 0.6 is 12.6 Å². The fraction of sp³-hybridized carbons (Fsp3) is 0.308. The molecule has 1 nitrogen and oxygen atoms in total. The van der Waals surface area contributed by atoms with Crippen LogP contribution in [0.15, 0.2) is 77.7 Å². The molecule has 0 heterocycles. The molecule has 0 radical (unpaired) electrons. The summed E-state index contributed by atoms with van der Waals surface area (Å²) < 4.78 is 0. The third kappa shape index (κ3) is 4.62. The van der Waals surface area contributed by atoms with Crippen LogP contribution in [-0.2, 0) is 10.8 Å². The highest BCUT2D eigenvalue weighted by molar-refractivity contribution is 7.80. The molecule has 2 heteroatoms. The molecule has 0 saturated heterocycles. The van der Waals surface area contributed by atoms with Gasteiger partial charge in [-0.1, -0.05) is 71.9 Å². The predicted octanol–water partition coefficient (Wildman–Crippen LogP) is 8.04. The van der Waals surface area contributed by atoms with Crippen LogP contribution in [0.5, 0.6) is 0 Å². The molecule has 0 aliphatic rings. The molecule has 3 aromatic rings. The van der Waals surface area contributed by atoms with Crippen molar-refractivity contribution in [2.75, 3.05) is 4.90 Å². The van der Waals surface area contributed by atoms with E-state index in [-0.39, 0.29) is 10.8 Å². The monoisotopic (exact) mass is 389 g/mol. The lowest BCUT2D eigenvalue weighted by Gasteiger charge is -2.28. The van der Waals surface area contributed by atoms with E-state index in [1.165, 1.54) is 11.1 Å². The van der Waals surface area contributed by atoms with Gasteiger partial charge in [0.15, 0.2) is 0 Å². The van der Waals surface area contributed by atoms with Crippen LogP contribution in [0.1, 0.15) is 52.7 Å². The summed E-state index contributed by atoms with van der Waals surface area (Å²) in [5, 5.41) is 0. The fourth-order valence-electron chi connectivity index (χ4n) is 3.30. The molecule has 0 saturated carbocycles. The summed E-state index contributed by atoms with van der Waals surface area (Å²) in [5.41, 5.74) is 6.36. The average Bonchev–Trinajstić information content (AvgIpc) is 2.61. The van der Waals surface area contributed by atoms with E-state index in [4.69, 9.17) is 0 Å². The third-order valence-electron chi connectivity index (χ3n) is 5.07. The Morgan fingerprint density at radius 2 is 1.00 bits per heavy atom. The molecule has 0 aromatic heterocycles. The molecule has 146 valence electrons. The first-order valence-electron chi connectivity index (χ1n) is 9.86. The molecule has 0 N–H and O–H groups in total. The molecule has 0 aliphatic heterocycles. The van der Waals surface area contributed by atoms with Gasteiger partial charge in [-0.3, -0.25) is 0 Å². The molecule has 0 atom stereocenters. The van der Waals surface area contributed by atoms with E-state index in [0.29, 0.717) is 0 Å². The lowest BCUT2D eigenvalue weighted by atomic mass is 9.86. The zero-order valence-corrected chi connectivity index (χ0v) is 18.7. The third-order valence-corrected chi connectivity index (χ3v) is 5.35. The number of rotatable bonds is 3. The van der Waals surface area contributed by atoms with Crippen molar-refractivity contribution < 1.29 is 0 Å². The lowest BCUT2D eigenvalue weighted by molar-refractivity contribution is 0.590. The van der Waals surface area contributed by atoms with Crippen molar-refractivity contribution in [1.29, 1.82) is 0 Å². The quantitative estimate of drug-likeness (QED) is 0.444. The Labute approximate surface area is 175 Å². The normalized spacial score (nSPS) is 12.1. The Morgan fingerprint density at radius 3 is 1.36 bits per heavy atom. The Morgan fingerprint density at radius 1 is 0.571 bits per heavy atom. The number of nitrogens with zero attached hydrogens (tertiary/aromatic N) is 1. The molecular formula is C26H31NS. The van der Waals surface area contributed by atoms with Crippen molar-refractivity contribution in [3.63, 3.8) is 0 Å². The molecule has 0 aliphatic carbocycles. The lowest BCUT2D eigenvalue weighted by Crippen LogP contribution is -2.14. The molecule has 0 unspecified atom stereocenters. The summed E-state index contributed by atoms with van der Waals surface area (Å²) in [6, 6.07) is 26.1. The summed E-state index contributed by atoms with van der Waals surface area (Å²) in [6.07, 6.45) is 0. The first-order chi connectivity index (χ1) is 13.1. The zero-order valence-electron chi connectivity index (χ0n) is 17.8. The van der Waals surface area contributed by atoms with Crippen molar-refractivity contribution in [2.45, 2.75) is 57.3 Å². The highest BCUT2D eigenvalue weighted by Gasteiger charge is 2.18. The second-order valence-electron chi connectivity index (χ2n) is 9.45. The molecule has 0 fully saturated rings. The van der Waals surface area contributed by atoms with Gasteiger partial charge in [0.2, 0.25) is 0 Å². The van der Waals surface area contributed by atoms with E-state index in [2.05, 4.69) is 126 Å². The highest BCUT2D eigenvalue weighted by atomic mass is 32.1. The Hall–Kier alpha value is -2.19.